The molecule has 18 heavy (non-hydrogen) atoms. The fraction of sp³-hybridized carbons (Fsp3) is 0.200. The third-order valence-electron chi connectivity index (χ3n) is 1.98. The van der Waals surface area contributed by atoms with Gasteiger partial charge in [0, 0.05) is 11.9 Å². The van der Waals surface area contributed by atoms with Crippen LogP contribution in [0.15, 0.2) is 12.3 Å². The standard InChI is InChI=1S/C10H10N4O3S/c11-3-7-8(17-10(16)6(12)4-18)5(9(13)15)1-2-14-7/h1-2,6,18H,4,12H2,(H2,13,15). The molecule has 7 nitrogen and oxygen atoms in total. The summed E-state index contributed by atoms with van der Waals surface area (Å²) in [7, 11) is 0. The summed E-state index contributed by atoms with van der Waals surface area (Å²) in [6.07, 6.45) is 1.22. The first kappa shape index (κ1) is 14.0. The maximum Gasteiger partial charge on any atom is 0.329 e. The maximum atomic E-state index is 11.5. The molecule has 0 spiro atoms. The van der Waals surface area contributed by atoms with E-state index >= 15 is 0 Å². The summed E-state index contributed by atoms with van der Waals surface area (Å²) in [5.74, 6) is -1.88. The monoisotopic (exact) mass is 266 g/mol. The van der Waals surface area contributed by atoms with Crippen LogP contribution in [0.25, 0.3) is 0 Å². The van der Waals surface area contributed by atoms with Crippen molar-refractivity contribution in [3.05, 3.63) is 23.5 Å². The molecule has 0 aliphatic carbocycles. The van der Waals surface area contributed by atoms with Crippen molar-refractivity contribution in [2.75, 3.05) is 5.75 Å². The van der Waals surface area contributed by atoms with Gasteiger partial charge in [0.25, 0.3) is 5.91 Å². The van der Waals surface area contributed by atoms with Crippen LogP contribution in [0, 0.1) is 11.3 Å². The highest BCUT2D eigenvalue weighted by Crippen LogP contribution is 2.21. The molecule has 0 fully saturated rings. The molecule has 4 N–H and O–H groups in total. The number of nitriles is 1. The van der Waals surface area contributed by atoms with Crippen molar-refractivity contribution in [1.29, 1.82) is 5.26 Å². The Morgan fingerprint density at radius 3 is 2.78 bits per heavy atom. The fourth-order valence-corrected chi connectivity index (χ4v) is 1.23. The molecule has 1 unspecified atom stereocenters. The Bertz CT molecular complexity index is 526. The van der Waals surface area contributed by atoms with E-state index in [1.807, 2.05) is 0 Å². The number of hydrogen-bond acceptors (Lipinski definition) is 7. The van der Waals surface area contributed by atoms with Gasteiger partial charge in [0.15, 0.2) is 11.4 Å². The Hall–Kier alpha value is -2.11. The van der Waals surface area contributed by atoms with E-state index in [9.17, 15) is 9.59 Å². The van der Waals surface area contributed by atoms with E-state index < -0.39 is 17.9 Å². The molecule has 0 aromatic carbocycles. The Kier molecular flexibility index (Phi) is 4.65. The van der Waals surface area contributed by atoms with Gasteiger partial charge < -0.3 is 16.2 Å². The second-order valence-electron chi connectivity index (χ2n) is 3.22. The smallest absolute Gasteiger partial charge is 0.329 e. The quantitative estimate of drug-likeness (QED) is 0.483. The van der Waals surface area contributed by atoms with E-state index in [0.29, 0.717) is 0 Å². The second kappa shape index (κ2) is 6.00. The summed E-state index contributed by atoms with van der Waals surface area (Å²) in [6.45, 7) is 0. The van der Waals surface area contributed by atoms with Crippen molar-refractivity contribution in [3.63, 3.8) is 0 Å². The van der Waals surface area contributed by atoms with Gasteiger partial charge in [-0.1, -0.05) is 0 Å². The highest BCUT2D eigenvalue weighted by molar-refractivity contribution is 7.80. The van der Waals surface area contributed by atoms with E-state index in [2.05, 4.69) is 17.6 Å². The summed E-state index contributed by atoms with van der Waals surface area (Å²) in [4.78, 5) is 26.3. The summed E-state index contributed by atoms with van der Waals surface area (Å²) in [6, 6.07) is 1.97. The van der Waals surface area contributed by atoms with Gasteiger partial charge in [0.2, 0.25) is 0 Å². The zero-order valence-corrected chi connectivity index (χ0v) is 10.1. The number of carbonyl (C=O) groups excluding carboxylic acids is 2. The first-order chi connectivity index (χ1) is 8.51. The lowest BCUT2D eigenvalue weighted by Gasteiger charge is -2.11. The third kappa shape index (κ3) is 2.97. The Balaban J connectivity index is 3.18. The molecule has 1 aromatic heterocycles. The molecule has 0 saturated carbocycles. The van der Waals surface area contributed by atoms with Gasteiger partial charge in [-0.3, -0.25) is 4.79 Å². The number of esters is 1. The minimum atomic E-state index is -0.971. The van der Waals surface area contributed by atoms with Crippen LogP contribution in [0.5, 0.6) is 5.75 Å². The van der Waals surface area contributed by atoms with E-state index in [0.717, 1.165) is 0 Å². The molecule has 0 aliphatic heterocycles. The van der Waals surface area contributed by atoms with Gasteiger partial charge in [-0.2, -0.15) is 17.9 Å². The lowest BCUT2D eigenvalue weighted by molar-refractivity contribution is -0.135. The lowest BCUT2D eigenvalue weighted by Crippen LogP contribution is -2.36. The van der Waals surface area contributed by atoms with Crippen LogP contribution < -0.4 is 16.2 Å². The average molecular weight is 266 g/mol. The van der Waals surface area contributed by atoms with Gasteiger partial charge in [0.1, 0.15) is 12.1 Å². The van der Waals surface area contributed by atoms with Crippen molar-refractivity contribution in [1.82, 2.24) is 4.98 Å². The average Bonchev–Trinajstić information content (AvgIpc) is 2.37. The van der Waals surface area contributed by atoms with Gasteiger partial charge in [-0.25, -0.2) is 9.78 Å². The van der Waals surface area contributed by atoms with Gasteiger partial charge in [0.05, 0.1) is 5.56 Å². The number of ether oxygens (including phenoxy) is 1. The molecule has 0 bridgehead atoms. The third-order valence-corrected chi connectivity index (χ3v) is 2.37. The number of pyridine rings is 1. The number of primary amides is 1. The predicted octanol–water partition coefficient (Wildman–Crippen LogP) is -0.785. The molecule has 1 aromatic rings. The minimum absolute atomic E-state index is 0.0624. The fourth-order valence-electron chi connectivity index (χ4n) is 1.08. The second-order valence-corrected chi connectivity index (χ2v) is 3.59. The number of carbonyl (C=O) groups is 2. The number of nitrogens with two attached hydrogens (primary N) is 2. The van der Waals surface area contributed by atoms with Crippen LogP contribution in [-0.4, -0.2) is 28.7 Å². The SMILES string of the molecule is N#Cc1nccc(C(N)=O)c1OC(=O)C(N)CS. The van der Waals surface area contributed by atoms with Crippen molar-refractivity contribution in [2.24, 2.45) is 11.5 Å². The van der Waals surface area contributed by atoms with Crippen molar-refractivity contribution in [2.45, 2.75) is 6.04 Å². The van der Waals surface area contributed by atoms with Crippen molar-refractivity contribution >= 4 is 24.5 Å². The zero-order valence-electron chi connectivity index (χ0n) is 9.16. The summed E-state index contributed by atoms with van der Waals surface area (Å²) in [5.41, 5.74) is 10.2. The van der Waals surface area contributed by atoms with Crippen molar-refractivity contribution < 1.29 is 14.3 Å². The number of aromatic nitrogens is 1. The van der Waals surface area contributed by atoms with Crippen LogP contribution in [0.3, 0.4) is 0 Å². The minimum Gasteiger partial charge on any atom is -0.421 e. The number of hydrogen-bond donors (Lipinski definition) is 3. The van der Waals surface area contributed by atoms with Gasteiger partial charge in [-0.05, 0) is 6.07 Å². The summed E-state index contributed by atoms with van der Waals surface area (Å²) in [5, 5.41) is 8.83. The van der Waals surface area contributed by atoms with E-state index in [1.165, 1.54) is 12.3 Å². The molecule has 0 radical (unpaired) electrons. The van der Waals surface area contributed by atoms with Crippen LogP contribution in [0.2, 0.25) is 0 Å². The topological polar surface area (TPSA) is 132 Å². The molecule has 94 valence electrons. The number of amides is 1. The molecular formula is C10H10N4O3S. The maximum absolute atomic E-state index is 11.5. The molecule has 1 rings (SSSR count). The number of rotatable bonds is 4. The molecule has 8 heteroatoms. The molecule has 0 saturated heterocycles. The number of thiol groups is 1. The molecule has 1 atom stereocenters. The molecular weight excluding hydrogens is 256 g/mol. The van der Waals surface area contributed by atoms with Gasteiger partial charge in [-0.15, -0.1) is 0 Å². The molecule has 0 aliphatic rings. The largest absolute Gasteiger partial charge is 0.421 e. The normalized spacial score (nSPS) is 11.4. The van der Waals surface area contributed by atoms with Crippen molar-refractivity contribution in [3.8, 4) is 11.8 Å². The Morgan fingerprint density at radius 1 is 1.61 bits per heavy atom. The summed E-state index contributed by atoms with van der Waals surface area (Å²) < 4.78 is 4.88. The Morgan fingerprint density at radius 2 is 2.28 bits per heavy atom. The highest BCUT2D eigenvalue weighted by atomic mass is 32.1. The number of nitrogens with zero attached hydrogens (tertiary/aromatic N) is 2. The zero-order chi connectivity index (χ0) is 13.7. The first-order valence-electron chi connectivity index (χ1n) is 4.78. The highest BCUT2D eigenvalue weighted by Gasteiger charge is 2.21. The lowest BCUT2D eigenvalue weighted by atomic mass is 10.2. The van der Waals surface area contributed by atoms with E-state index in [4.69, 9.17) is 21.5 Å². The van der Waals surface area contributed by atoms with E-state index in [1.54, 1.807) is 6.07 Å². The van der Waals surface area contributed by atoms with Crippen LogP contribution >= 0.6 is 12.6 Å². The molecule has 1 amide bonds. The Labute approximate surface area is 108 Å². The molecule has 1 heterocycles. The van der Waals surface area contributed by atoms with E-state index in [-0.39, 0.29) is 22.8 Å². The van der Waals surface area contributed by atoms with Crippen LogP contribution in [0.4, 0.5) is 0 Å². The van der Waals surface area contributed by atoms with Crippen LogP contribution in [0.1, 0.15) is 16.1 Å². The predicted molar refractivity (Wildman–Crippen MR) is 64.9 cm³/mol. The van der Waals surface area contributed by atoms with Gasteiger partial charge >= 0.3 is 5.97 Å². The van der Waals surface area contributed by atoms with Crippen LogP contribution in [-0.2, 0) is 4.79 Å². The first-order valence-corrected chi connectivity index (χ1v) is 5.41. The summed E-state index contributed by atoms with van der Waals surface area (Å²) >= 11 is 3.84.